The maximum Gasteiger partial charge on any atom is 0.355 e. The average molecular weight is 271 g/mol. The van der Waals surface area contributed by atoms with Crippen molar-refractivity contribution >= 4 is 29.1 Å². The Hall–Kier alpha value is -1.96. The van der Waals surface area contributed by atoms with Gasteiger partial charge in [-0.1, -0.05) is 0 Å². The minimum Gasteiger partial charge on any atom is -0.476 e. The fourth-order valence-electron chi connectivity index (χ4n) is 1.09. The number of nitrogens with one attached hydrogen (secondary N) is 2. The van der Waals surface area contributed by atoms with Gasteiger partial charge in [-0.3, -0.25) is 9.59 Å². The zero-order valence-electron chi connectivity index (χ0n) is 9.89. The normalized spacial score (nSPS) is 10.2. The van der Waals surface area contributed by atoms with Gasteiger partial charge in [0.15, 0.2) is 10.7 Å². The first kappa shape index (κ1) is 14.1. The zero-order chi connectivity index (χ0) is 13.7. The minimum atomic E-state index is -1.19. The number of hydrogen-bond donors (Lipinski definition) is 3. The number of carbonyl (C=O) groups is 3. The van der Waals surface area contributed by atoms with E-state index < -0.39 is 11.9 Å². The maximum absolute atomic E-state index is 11.5. The topological polar surface area (TPSA) is 108 Å². The van der Waals surface area contributed by atoms with Crippen LogP contribution in [0.1, 0.15) is 34.1 Å². The number of amides is 2. The molecule has 1 aromatic heterocycles. The molecule has 0 fully saturated rings. The van der Waals surface area contributed by atoms with Crippen LogP contribution in [-0.2, 0) is 4.79 Å². The van der Waals surface area contributed by atoms with Gasteiger partial charge in [-0.15, -0.1) is 11.3 Å². The van der Waals surface area contributed by atoms with E-state index in [-0.39, 0.29) is 29.2 Å². The lowest BCUT2D eigenvalue weighted by Gasteiger charge is -2.08. The lowest BCUT2D eigenvalue weighted by atomic mass is 10.4. The standard InChI is InChI=1S/C10H13N3O4S/c1-5(2)12-7(14)3-11-8(15)9-13-6(4-18-9)10(16)17/h4-5H,3H2,1-2H3,(H,11,15)(H,12,14)(H,16,17). The van der Waals surface area contributed by atoms with Crippen LogP contribution < -0.4 is 10.6 Å². The molecule has 8 heteroatoms. The van der Waals surface area contributed by atoms with Gasteiger partial charge in [0.25, 0.3) is 5.91 Å². The zero-order valence-corrected chi connectivity index (χ0v) is 10.7. The number of rotatable bonds is 5. The monoisotopic (exact) mass is 271 g/mol. The lowest BCUT2D eigenvalue weighted by molar-refractivity contribution is -0.120. The summed E-state index contributed by atoms with van der Waals surface area (Å²) in [6, 6.07) is -0.00659. The molecule has 0 unspecified atom stereocenters. The Kier molecular flexibility index (Phi) is 4.78. The SMILES string of the molecule is CC(C)NC(=O)CNC(=O)c1nc(C(=O)O)cs1. The van der Waals surface area contributed by atoms with Crippen molar-refractivity contribution in [2.24, 2.45) is 0 Å². The van der Waals surface area contributed by atoms with E-state index in [0.717, 1.165) is 11.3 Å². The molecule has 3 N–H and O–H groups in total. The summed E-state index contributed by atoms with van der Waals surface area (Å²) in [7, 11) is 0. The quantitative estimate of drug-likeness (QED) is 0.703. The van der Waals surface area contributed by atoms with E-state index in [0.29, 0.717) is 0 Å². The Morgan fingerprint density at radius 2 is 2.11 bits per heavy atom. The van der Waals surface area contributed by atoms with E-state index in [1.54, 1.807) is 13.8 Å². The summed E-state index contributed by atoms with van der Waals surface area (Å²) >= 11 is 0.916. The first-order chi connectivity index (χ1) is 8.40. The van der Waals surface area contributed by atoms with E-state index >= 15 is 0 Å². The van der Waals surface area contributed by atoms with Crippen LogP contribution in [0.5, 0.6) is 0 Å². The Morgan fingerprint density at radius 3 is 2.61 bits per heavy atom. The number of thiazole rings is 1. The molecule has 0 atom stereocenters. The van der Waals surface area contributed by atoms with Gasteiger partial charge in [0.2, 0.25) is 5.91 Å². The molecular weight excluding hydrogens is 258 g/mol. The second kappa shape index (κ2) is 6.10. The third-order valence-electron chi connectivity index (χ3n) is 1.78. The number of aromatic nitrogens is 1. The van der Waals surface area contributed by atoms with Crippen LogP contribution in [0, 0.1) is 0 Å². The Labute approximate surface area is 107 Å². The molecule has 0 saturated heterocycles. The van der Waals surface area contributed by atoms with E-state index in [1.165, 1.54) is 5.38 Å². The highest BCUT2D eigenvalue weighted by Gasteiger charge is 2.15. The van der Waals surface area contributed by atoms with Crippen molar-refractivity contribution in [3.63, 3.8) is 0 Å². The summed E-state index contributed by atoms with van der Waals surface area (Å²) in [4.78, 5) is 37.0. The van der Waals surface area contributed by atoms with Crippen molar-refractivity contribution in [3.05, 3.63) is 16.1 Å². The predicted octanol–water partition coefficient (Wildman–Crippen LogP) is 0.0957. The van der Waals surface area contributed by atoms with Gasteiger partial charge in [-0.25, -0.2) is 9.78 Å². The van der Waals surface area contributed by atoms with Crippen molar-refractivity contribution in [2.75, 3.05) is 6.54 Å². The first-order valence-corrected chi connectivity index (χ1v) is 6.04. The Bertz CT molecular complexity index is 469. The van der Waals surface area contributed by atoms with E-state index in [2.05, 4.69) is 15.6 Å². The van der Waals surface area contributed by atoms with E-state index in [1.807, 2.05) is 0 Å². The fourth-order valence-corrected chi connectivity index (χ4v) is 1.79. The van der Waals surface area contributed by atoms with Gasteiger partial charge in [0.05, 0.1) is 6.54 Å². The van der Waals surface area contributed by atoms with Gasteiger partial charge < -0.3 is 15.7 Å². The van der Waals surface area contributed by atoms with Gasteiger partial charge in [0.1, 0.15) is 0 Å². The highest BCUT2D eigenvalue weighted by Crippen LogP contribution is 2.09. The molecule has 1 aromatic rings. The highest BCUT2D eigenvalue weighted by atomic mass is 32.1. The van der Waals surface area contributed by atoms with Gasteiger partial charge in [-0.2, -0.15) is 0 Å². The molecule has 0 aromatic carbocycles. The molecular formula is C10H13N3O4S. The van der Waals surface area contributed by atoms with Crippen LogP contribution in [0.15, 0.2) is 5.38 Å². The first-order valence-electron chi connectivity index (χ1n) is 5.16. The second-order valence-electron chi connectivity index (χ2n) is 3.75. The Morgan fingerprint density at radius 1 is 1.44 bits per heavy atom. The molecule has 0 radical (unpaired) electrons. The summed E-state index contributed by atoms with van der Waals surface area (Å²) in [5.41, 5.74) is -0.184. The minimum absolute atomic E-state index is 0.00659. The number of aromatic carboxylic acids is 1. The number of carboxylic acids is 1. The van der Waals surface area contributed by atoms with Crippen molar-refractivity contribution in [3.8, 4) is 0 Å². The molecule has 7 nitrogen and oxygen atoms in total. The number of carbonyl (C=O) groups excluding carboxylic acids is 2. The molecule has 0 spiro atoms. The number of carboxylic acid groups (broad SMARTS) is 1. The van der Waals surface area contributed by atoms with Crippen molar-refractivity contribution in [2.45, 2.75) is 19.9 Å². The second-order valence-corrected chi connectivity index (χ2v) is 4.61. The summed E-state index contributed by atoms with van der Waals surface area (Å²) in [6.45, 7) is 3.44. The van der Waals surface area contributed by atoms with Crippen LogP contribution in [0.3, 0.4) is 0 Å². The highest BCUT2D eigenvalue weighted by molar-refractivity contribution is 7.11. The lowest BCUT2D eigenvalue weighted by Crippen LogP contribution is -2.39. The molecule has 0 aliphatic rings. The van der Waals surface area contributed by atoms with E-state index in [4.69, 9.17) is 5.11 Å². The van der Waals surface area contributed by atoms with Crippen LogP contribution in [0.4, 0.5) is 0 Å². The molecule has 1 heterocycles. The van der Waals surface area contributed by atoms with Crippen molar-refractivity contribution < 1.29 is 19.5 Å². The van der Waals surface area contributed by atoms with E-state index in [9.17, 15) is 14.4 Å². The molecule has 0 saturated carbocycles. The van der Waals surface area contributed by atoms with Crippen molar-refractivity contribution in [1.82, 2.24) is 15.6 Å². The molecule has 98 valence electrons. The fraction of sp³-hybridized carbons (Fsp3) is 0.400. The van der Waals surface area contributed by atoms with Crippen LogP contribution in [0.2, 0.25) is 0 Å². The number of nitrogens with zero attached hydrogens (tertiary/aromatic N) is 1. The summed E-state index contributed by atoms with van der Waals surface area (Å²) < 4.78 is 0. The summed E-state index contributed by atoms with van der Waals surface area (Å²) in [5, 5.41) is 14.9. The Balaban J connectivity index is 2.50. The number of hydrogen-bond acceptors (Lipinski definition) is 5. The van der Waals surface area contributed by atoms with Gasteiger partial charge in [-0.05, 0) is 13.8 Å². The maximum atomic E-state index is 11.5. The van der Waals surface area contributed by atoms with Gasteiger partial charge >= 0.3 is 5.97 Å². The smallest absolute Gasteiger partial charge is 0.355 e. The molecule has 2 amide bonds. The van der Waals surface area contributed by atoms with Crippen LogP contribution in [0.25, 0.3) is 0 Å². The summed E-state index contributed by atoms with van der Waals surface area (Å²) in [5.74, 6) is -2.07. The van der Waals surface area contributed by atoms with Crippen LogP contribution in [-0.4, -0.2) is 40.5 Å². The molecule has 1 rings (SSSR count). The summed E-state index contributed by atoms with van der Waals surface area (Å²) in [6.07, 6.45) is 0. The average Bonchev–Trinajstić information content (AvgIpc) is 2.74. The molecule has 0 aliphatic carbocycles. The molecule has 0 bridgehead atoms. The molecule has 18 heavy (non-hydrogen) atoms. The van der Waals surface area contributed by atoms with Crippen LogP contribution >= 0.6 is 11.3 Å². The van der Waals surface area contributed by atoms with Crippen molar-refractivity contribution in [1.29, 1.82) is 0 Å². The third-order valence-corrected chi connectivity index (χ3v) is 2.62. The predicted molar refractivity (Wildman–Crippen MR) is 64.7 cm³/mol. The van der Waals surface area contributed by atoms with Gasteiger partial charge in [0, 0.05) is 11.4 Å². The molecule has 0 aliphatic heterocycles. The largest absolute Gasteiger partial charge is 0.476 e. The third kappa shape index (κ3) is 4.13.